The third kappa shape index (κ3) is 1.96. The molecule has 2 aromatic rings. The van der Waals surface area contributed by atoms with Crippen LogP contribution >= 0.6 is 12.2 Å². The van der Waals surface area contributed by atoms with Crippen LogP contribution in [0.15, 0.2) is 12.1 Å². The van der Waals surface area contributed by atoms with Crippen LogP contribution in [0.3, 0.4) is 0 Å². The zero-order chi connectivity index (χ0) is 12.7. The van der Waals surface area contributed by atoms with Crippen LogP contribution in [0.2, 0.25) is 0 Å². The number of aryl methyl sites for hydroxylation is 1. The number of nitrogens with zero attached hydrogens (tertiary/aromatic N) is 1. The van der Waals surface area contributed by atoms with Crippen molar-refractivity contribution in [3.05, 3.63) is 28.5 Å². The van der Waals surface area contributed by atoms with Gasteiger partial charge in [0.25, 0.3) is 0 Å². The van der Waals surface area contributed by atoms with E-state index in [0.29, 0.717) is 15.8 Å². The highest BCUT2D eigenvalue weighted by Crippen LogP contribution is 2.30. The van der Waals surface area contributed by atoms with Gasteiger partial charge in [0, 0.05) is 12.6 Å². The average molecular weight is 268 g/mol. The van der Waals surface area contributed by atoms with E-state index in [-0.39, 0.29) is 0 Å². The summed E-state index contributed by atoms with van der Waals surface area (Å²) in [5.41, 5.74) is 0.826. The van der Waals surface area contributed by atoms with Gasteiger partial charge in [0.15, 0.2) is 10.6 Å². The molecule has 1 aliphatic carbocycles. The maximum absolute atomic E-state index is 13.6. The third-order valence-electron chi connectivity index (χ3n) is 3.79. The summed E-state index contributed by atoms with van der Waals surface area (Å²) in [5, 5.41) is 0. The minimum atomic E-state index is -0.585. The highest BCUT2D eigenvalue weighted by Gasteiger charge is 2.18. The Morgan fingerprint density at radius 2 is 2.11 bits per heavy atom. The Hall–Kier alpha value is -1.23. The summed E-state index contributed by atoms with van der Waals surface area (Å²) in [7, 11) is 0. The Kier molecular flexibility index (Phi) is 2.93. The minimum absolute atomic E-state index is 0.301. The molecule has 96 valence electrons. The number of hydrogen-bond donors (Lipinski definition) is 1. The summed E-state index contributed by atoms with van der Waals surface area (Å²) in [6, 6.07) is 2.22. The largest absolute Gasteiger partial charge is 0.328 e. The van der Waals surface area contributed by atoms with Gasteiger partial charge in [-0.1, -0.05) is 19.3 Å². The van der Waals surface area contributed by atoms with E-state index in [1.165, 1.54) is 25.3 Å². The lowest BCUT2D eigenvalue weighted by Crippen LogP contribution is -2.13. The van der Waals surface area contributed by atoms with Gasteiger partial charge < -0.3 is 9.55 Å². The number of aromatic amines is 1. The number of halogens is 2. The summed E-state index contributed by atoms with van der Waals surface area (Å²) in [6.07, 6.45) is 4.85. The van der Waals surface area contributed by atoms with E-state index in [0.717, 1.165) is 24.9 Å². The van der Waals surface area contributed by atoms with Crippen molar-refractivity contribution >= 4 is 23.3 Å². The van der Waals surface area contributed by atoms with E-state index in [4.69, 9.17) is 12.2 Å². The molecule has 1 aromatic carbocycles. The maximum Gasteiger partial charge on any atom is 0.178 e. The van der Waals surface area contributed by atoms with Crippen LogP contribution in [0.1, 0.15) is 25.7 Å². The zero-order valence-corrected chi connectivity index (χ0v) is 10.7. The van der Waals surface area contributed by atoms with E-state index >= 15 is 0 Å². The summed E-state index contributed by atoms with van der Waals surface area (Å²) in [4.78, 5) is 2.82. The normalized spacial score (nSPS) is 16.1. The van der Waals surface area contributed by atoms with Crippen LogP contribution in [-0.2, 0) is 6.54 Å². The van der Waals surface area contributed by atoms with Gasteiger partial charge >= 0.3 is 0 Å². The van der Waals surface area contributed by atoms with E-state index in [1.54, 1.807) is 4.57 Å². The number of hydrogen-bond acceptors (Lipinski definition) is 1. The molecule has 2 nitrogen and oxygen atoms in total. The Morgan fingerprint density at radius 1 is 1.33 bits per heavy atom. The lowest BCUT2D eigenvalue weighted by Gasteiger charge is -2.25. The molecule has 0 saturated heterocycles. The second-order valence-corrected chi connectivity index (χ2v) is 5.34. The van der Waals surface area contributed by atoms with Gasteiger partial charge in [0.1, 0.15) is 11.3 Å². The van der Waals surface area contributed by atoms with Crippen LogP contribution in [0, 0.1) is 22.3 Å². The van der Waals surface area contributed by atoms with Crippen molar-refractivity contribution in [3.8, 4) is 0 Å². The van der Waals surface area contributed by atoms with Crippen molar-refractivity contribution in [1.82, 2.24) is 9.55 Å². The van der Waals surface area contributed by atoms with Gasteiger partial charge in [0.2, 0.25) is 0 Å². The molecule has 0 aliphatic heterocycles. The molecule has 0 amide bonds. The fourth-order valence-electron chi connectivity index (χ4n) is 2.50. The first-order valence-electron chi connectivity index (χ1n) is 6.22. The van der Waals surface area contributed by atoms with Crippen molar-refractivity contribution < 1.29 is 8.78 Å². The lowest BCUT2D eigenvalue weighted by molar-refractivity contribution is 0.283. The number of imidazole rings is 1. The Morgan fingerprint density at radius 3 is 2.78 bits per heavy atom. The lowest BCUT2D eigenvalue weighted by atomic mass is 9.83. The first-order chi connectivity index (χ1) is 8.65. The van der Waals surface area contributed by atoms with Crippen molar-refractivity contribution in [1.29, 1.82) is 0 Å². The molecule has 1 heterocycles. The van der Waals surface area contributed by atoms with Crippen LogP contribution in [0.5, 0.6) is 0 Å². The fourth-order valence-corrected chi connectivity index (χ4v) is 2.79. The predicted molar refractivity (Wildman–Crippen MR) is 69.0 cm³/mol. The number of rotatable bonds is 3. The molecular weight excluding hydrogens is 254 g/mol. The third-order valence-corrected chi connectivity index (χ3v) is 4.11. The monoisotopic (exact) mass is 268 g/mol. The molecule has 0 radical (unpaired) electrons. The van der Waals surface area contributed by atoms with Gasteiger partial charge in [-0.2, -0.15) is 0 Å². The Balaban J connectivity index is 1.99. The SMILES string of the molecule is Fc1cc(F)c2[nH]c(=S)n(CCC3CCC3)c2c1. The predicted octanol–water partition coefficient (Wildman–Crippen LogP) is 4.17. The van der Waals surface area contributed by atoms with Gasteiger partial charge in [-0.05, 0) is 30.6 Å². The molecule has 1 N–H and O–H groups in total. The summed E-state index contributed by atoms with van der Waals surface area (Å²) >= 11 is 5.18. The van der Waals surface area contributed by atoms with E-state index < -0.39 is 11.6 Å². The van der Waals surface area contributed by atoms with Crippen molar-refractivity contribution in [2.24, 2.45) is 5.92 Å². The Bertz CT molecular complexity index is 640. The Labute approximate surface area is 109 Å². The fraction of sp³-hybridized carbons (Fsp3) is 0.462. The molecule has 0 bridgehead atoms. The van der Waals surface area contributed by atoms with Gasteiger partial charge in [0.05, 0.1) is 5.52 Å². The van der Waals surface area contributed by atoms with E-state index in [9.17, 15) is 8.78 Å². The van der Waals surface area contributed by atoms with E-state index in [1.807, 2.05) is 0 Å². The molecule has 0 atom stereocenters. The second kappa shape index (κ2) is 4.46. The molecule has 0 unspecified atom stereocenters. The first-order valence-corrected chi connectivity index (χ1v) is 6.63. The van der Waals surface area contributed by atoms with Crippen LogP contribution in [-0.4, -0.2) is 9.55 Å². The highest BCUT2D eigenvalue weighted by atomic mass is 32.1. The van der Waals surface area contributed by atoms with Crippen molar-refractivity contribution in [3.63, 3.8) is 0 Å². The topological polar surface area (TPSA) is 20.7 Å². The number of aromatic nitrogens is 2. The highest BCUT2D eigenvalue weighted by molar-refractivity contribution is 7.71. The molecule has 1 aliphatic rings. The van der Waals surface area contributed by atoms with Gasteiger partial charge in [-0.3, -0.25) is 0 Å². The maximum atomic E-state index is 13.6. The molecular formula is C13H14F2N2S. The van der Waals surface area contributed by atoms with Crippen LogP contribution in [0.4, 0.5) is 8.78 Å². The van der Waals surface area contributed by atoms with Crippen molar-refractivity contribution in [2.75, 3.05) is 0 Å². The molecule has 5 heteroatoms. The number of nitrogens with one attached hydrogen (secondary N) is 1. The van der Waals surface area contributed by atoms with Crippen LogP contribution in [0.25, 0.3) is 11.0 Å². The van der Waals surface area contributed by atoms with E-state index in [2.05, 4.69) is 4.98 Å². The molecule has 18 heavy (non-hydrogen) atoms. The summed E-state index contributed by atoms with van der Waals surface area (Å²) in [6.45, 7) is 0.729. The van der Waals surface area contributed by atoms with Crippen molar-refractivity contribution in [2.45, 2.75) is 32.2 Å². The molecule has 3 rings (SSSR count). The smallest absolute Gasteiger partial charge is 0.178 e. The van der Waals surface area contributed by atoms with Crippen LogP contribution < -0.4 is 0 Å². The van der Waals surface area contributed by atoms with Gasteiger partial charge in [-0.25, -0.2) is 8.78 Å². The molecule has 1 fully saturated rings. The quantitative estimate of drug-likeness (QED) is 0.829. The van der Waals surface area contributed by atoms with Gasteiger partial charge in [-0.15, -0.1) is 0 Å². The molecule has 0 spiro atoms. The minimum Gasteiger partial charge on any atom is -0.328 e. The molecule has 1 aromatic heterocycles. The zero-order valence-electron chi connectivity index (χ0n) is 9.88. The molecule has 1 saturated carbocycles. The summed E-state index contributed by atoms with van der Waals surface area (Å²) in [5.74, 6) is -0.403. The standard InChI is InChI=1S/C13H14F2N2S/c14-9-6-10(15)12-11(7-9)17(13(18)16-12)5-4-8-2-1-3-8/h6-8H,1-5H2,(H,16,18). The number of benzene rings is 1. The summed E-state index contributed by atoms with van der Waals surface area (Å²) < 4.78 is 29.1. The second-order valence-electron chi connectivity index (χ2n) is 4.95. The first kappa shape index (κ1) is 11.8. The number of H-pyrrole nitrogens is 1. The average Bonchev–Trinajstić information content (AvgIpc) is 2.54. The number of fused-ring (bicyclic) bond motifs is 1.